The fourth-order valence-corrected chi connectivity index (χ4v) is 4.31. The van der Waals surface area contributed by atoms with E-state index in [1.165, 1.54) is 25.7 Å². The lowest BCUT2D eigenvalue weighted by Crippen LogP contribution is -2.20. The average Bonchev–Trinajstić information content (AvgIpc) is 2.93. The predicted molar refractivity (Wildman–Crippen MR) is 136 cm³/mol. The lowest BCUT2D eigenvalue weighted by molar-refractivity contribution is 0.192. The summed E-state index contributed by atoms with van der Waals surface area (Å²) in [6.45, 7) is -0.434. The Bertz CT molecular complexity index is 1420. The molecule has 37 heavy (non-hydrogen) atoms. The van der Waals surface area contributed by atoms with E-state index in [2.05, 4.69) is 24.7 Å². The number of anilines is 1. The molecule has 0 saturated carbocycles. The third-order valence-electron chi connectivity index (χ3n) is 4.99. The van der Waals surface area contributed by atoms with Crippen LogP contribution in [0.2, 0.25) is 0 Å². The molecule has 2 heterocycles. The Hall–Kier alpha value is -4.29. The number of methoxy groups -OCH3 is 1. The monoisotopic (exact) mass is 523 g/mol. The van der Waals surface area contributed by atoms with Crippen LogP contribution in [0, 0.1) is 0 Å². The zero-order valence-electron chi connectivity index (χ0n) is 19.9. The lowest BCUT2D eigenvalue weighted by atomic mass is 10.2. The summed E-state index contributed by atoms with van der Waals surface area (Å²) in [6.07, 6.45) is 4.66. The van der Waals surface area contributed by atoms with Crippen molar-refractivity contribution < 1.29 is 27.7 Å². The molecule has 12 heteroatoms. The second-order valence-corrected chi connectivity index (χ2v) is 9.44. The molecule has 192 valence electrons. The minimum Gasteiger partial charge on any atom is -0.493 e. The quantitative estimate of drug-likeness (QED) is 0.284. The fraction of sp³-hybridized carbons (Fsp3) is 0.200. The maximum absolute atomic E-state index is 13.1. The molecule has 0 radical (unpaired) electrons. The molecule has 0 unspecified atom stereocenters. The van der Waals surface area contributed by atoms with Gasteiger partial charge in [-0.05, 0) is 24.1 Å². The highest BCUT2D eigenvalue weighted by molar-refractivity contribution is 7.92. The Balaban J connectivity index is 1.77. The maximum Gasteiger partial charge on any atom is 0.263 e. The predicted octanol–water partition coefficient (Wildman–Crippen LogP) is 3.09. The highest BCUT2D eigenvalue weighted by Crippen LogP contribution is 2.41. The molecular weight excluding hydrogens is 498 g/mol. The van der Waals surface area contributed by atoms with E-state index in [9.17, 15) is 13.5 Å². The van der Waals surface area contributed by atoms with E-state index < -0.39 is 10.0 Å². The Kier molecular flexibility index (Phi) is 8.44. The van der Waals surface area contributed by atoms with Crippen molar-refractivity contribution in [2.75, 3.05) is 30.8 Å². The summed E-state index contributed by atoms with van der Waals surface area (Å²) in [7, 11) is -2.41. The molecule has 2 aromatic heterocycles. The largest absolute Gasteiger partial charge is 0.493 e. The van der Waals surface area contributed by atoms with Gasteiger partial charge in [0, 0.05) is 12.4 Å². The molecule has 0 spiro atoms. The number of aromatic nitrogens is 4. The van der Waals surface area contributed by atoms with Gasteiger partial charge in [0.2, 0.25) is 15.8 Å². The summed E-state index contributed by atoms with van der Waals surface area (Å²) in [5.41, 5.74) is 1.15. The smallest absolute Gasteiger partial charge is 0.263 e. The molecule has 11 nitrogen and oxygen atoms in total. The van der Waals surface area contributed by atoms with Gasteiger partial charge in [-0.2, -0.15) is 4.98 Å². The fourth-order valence-electron chi connectivity index (χ4n) is 3.27. The standard InChI is InChI=1S/C25H25N5O6S/c1-34-20-9-5-6-10-21(20)36-22-24(30-37(32,33)16-11-18-7-3-2-4-8-18)28-23(19-17-26-12-13-27-19)29-25(22)35-15-14-31/h2-10,12-13,17,31H,11,14-16H2,1H3,(H,28,29,30). The number of para-hydroxylation sites is 2. The minimum absolute atomic E-state index is 0.0502. The van der Waals surface area contributed by atoms with Crippen LogP contribution in [0.3, 0.4) is 0 Å². The van der Waals surface area contributed by atoms with Crippen LogP contribution in [-0.2, 0) is 16.4 Å². The summed E-state index contributed by atoms with van der Waals surface area (Å²) in [6, 6.07) is 16.1. The summed E-state index contributed by atoms with van der Waals surface area (Å²) >= 11 is 0. The number of hydrogen-bond donors (Lipinski definition) is 2. The van der Waals surface area contributed by atoms with Gasteiger partial charge in [0.25, 0.3) is 5.88 Å². The Labute approximate surface area is 214 Å². The van der Waals surface area contributed by atoms with E-state index in [0.29, 0.717) is 5.75 Å². The zero-order chi connectivity index (χ0) is 26.1. The number of aliphatic hydroxyl groups excluding tert-OH is 1. The van der Waals surface area contributed by atoms with Crippen LogP contribution in [0.1, 0.15) is 5.56 Å². The summed E-state index contributed by atoms with van der Waals surface area (Å²) < 4.78 is 45.8. The van der Waals surface area contributed by atoms with Crippen molar-refractivity contribution in [3.05, 3.63) is 78.8 Å². The first-order chi connectivity index (χ1) is 18.0. The molecule has 0 atom stereocenters. The molecule has 4 aromatic rings. The topological polar surface area (TPSA) is 146 Å². The van der Waals surface area contributed by atoms with E-state index in [0.717, 1.165) is 5.56 Å². The van der Waals surface area contributed by atoms with Gasteiger partial charge in [0.1, 0.15) is 12.3 Å². The minimum atomic E-state index is -3.89. The number of rotatable bonds is 12. The van der Waals surface area contributed by atoms with Gasteiger partial charge in [0.15, 0.2) is 23.1 Å². The molecule has 4 rings (SSSR count). The van der Waals surface area contributed by atoms with Crippen LogP contribution >= 0.6 is 0 Å². The average molecular weight is 524 g/mol. The second-order valence-electron chi connectivity index (χ2n) is 7.60. The van der Waals surface area contributed by atoms with Crippen molar-refractivity contribution in [3.8, 4) is 34.6 Å². The van der Waals surface area contributed by atoms with E-state index in [1.54, 1.807) is 24.3 Å². The summed E-state index contributed by atoms with van der Waals surface area (Å²) in [4.78, 5) is 17.0. The van der Waals surface area contributed by atoms with Gasteiger partial charge < -0.3 is 19.3 Å². The third kappa shape index (κ3) is 6.90. The molecule has 0 saturated heterocycles. The van der Waals surface area contributed by atoms with E-state index >= 15 is 0 Å². The molecule has 2 aromatic carbocycles. The van der Waals surface area contributed by atoms with Gasteiger partial charge in [-0.25, -0.2) is 18.4 Å². The lowest BCUT2D eigenvalue weighted by Gasteiger charge is -2.18. The van der Waals surface area contributed by atoms with Gasteiger partial charge in [-0.15, -0.1) is 0 Å². The first-order valence-electron chi connectivity index (χ1n) is 11.3. The van der Waals surface area contributed by atoms with E-state index in [1.807, 2.05) is 30.3 Å². The number of sulfonamides is 1. The van der Waals surface area contributed by atoms with Crippen LogP contribution in [0.25, 0.3) is 11.5 Å². The van der Waals surface area contributed by atoms with E-state index in [4.69, 9.17) is 14.2 Å². The second kappa shape index (κ2) is 12.1. The molecular formula is C25H25N5O6S. The van der Waals surface area contributed by atoms with Crippen molar-refractivity contribution in [3.63, 3.8) is 0 Å². The first-order valence-corrected chi connectivity index (χ1v) is 12.9. The van der Waals surface area contributed by atoms with Crippen molar-refractivity contribution in [2.24, 2.45) is 0 Å². The molecule has 0 fully saturated rings. The Morgan fingerprint density at radius 2 is 1.73 bits per heavy atom. The van der Waals surface area contributed by atoms with Crippen LogP contribution in [0.15, 0.2) is 73.2 Å². The van der Waals surface area contributed by atoms with Crippen LogP contribution < -0.4 is 18.9 Å². The maximum atomic E-state index is 13.1. The number of nitrogens with one attached hydrogen (secondary N) is 1. The SMILES string of the molecule is COc1ccccc1Oc1c(NS(=O)(=O)CCc2ccccc2)nc(-c2cnccn2)nc1OCCO. The number of benzene rings is 2. The van der Waals surface area contributed by atoms with Gasteiger partial charge in [-0.3, -0.25) is 9.71 Å². The van der Waals surface area contributed by atoms with Crippen molar-refractivity contribution in [1.29, 1.82) is 0 Å². The van der Waals surface area contributed by atoms with Gasteiger partial charge in [-0.1, -0.05) is 42.5 Å². The first kappa shape index (κ1) is 25.8. The van der Waals surface area contributed by atoms with Crippen LogP contribution in [0.5, 0.6) is 23.1 Å². The van der Waals surface area contributed by atoms with Gasteiger partial charge in [0.05, 0.1) is 25.7 Å². The van der Waals surface area contributed by atoms with Crippen molar-refractivity contribution >= 4 is 15.8 Å². The molecule has 0 aliphatic rings. The third-order valence-corrected chi connectivity index (χ3v) is 6.24. The molecule has 0 aliphatic carbocycles. The Morgan fingerprint density at radius 1 is 0.973 bits per heavy atom. The Morgan fingerprint density at radius 3 is 2.43 bits per heavy atom. The summed E-state index contributed by atoms with van der Waals surface area (Å²) in [5, 5.41) is 9.35. The highest BCUT2D eigenvalue weighted by Gasteiger charge is 2.24. The number of hydrogen-bond acceptors (Lipinski definition) is 10. The zero-order valence-corrected chi connectivity index (χ0v) is 20.8. The highest BCUT2D eigenvalue weighted by atomic mass is 32.2. The number of nitrogens with zero attached hydrogens (tertiary/aromatic N) is 4. The molecule has 2 N–H and O–H groups in total. The van der Waals surface area contributed by atoms with Crippen LogP contribution in [-0.4, -0.2) is 59.5 Å². The number of aliphatic hydroxyl groups is 1. The van der Waals surface area contributed by atoms with Gasteiger partial charge >= 0.3 is 0 Å². The van der Waals surface area contributed by atoms with Crippen molar-refractivity contribution in [1.82, 2.24) is 19.9 Å². The molecule has 0 bridgehead atoms. The van der Waals surface area contributed by atoms with Crippen LogP contribution in [0.4, 0.5) is 5.82 Å². The van der Waals surface area contributed by atoms with Crippen molar-refractivity contribution in [2.45, 2.75) is 6.42 Å². The number of ether oxygens (including phenoxy) is 3. The van der Waals surface area contributed by atoms with E-state index in [-0.39, 0.29) is 60.1 Å². The number of aryl methyl sites for hydroxylation is 1. The molecule has 0 amide bonds. The normalized spacial score (nSPS) is 11.1. The molecule has 0 aliphatic heterocycles. The summed E-state index contributed by atoms with van der Waals surface area (Å²) in [5.74, 6) is 0.149.